The van der Waals surface area contributed by atoms with E-state index in [2.05, 4.69) is 4.98 Å². The van der Waals surface area contributed by atoms with Crippen molar-refractivity contribution in [3.63, 3.8) is 0 Å². The van der Waals surface area contributed by atoms with Crippen LogP contribution in [0.2, 0.25) is 0 Å². The Morgan fingerprint density at radius 2 is 2.33 bits per heavy atom. The van der Waals surface area contributed by atoms with Crippen LogP contribution in [-0.4, -0.2) is 10.1 Å². The van der Waals surface area contributed by atoms with Crippen LogP contribution >= 0.6 is 0 Å². The fraction of sp³-hybridized carbons (Fsp3) is 0. The van der Waals surface area contributed by atoms with E-state index in [1.54, 1.807) is 0 Å². The van der Waals surface area contributed by atoms with Crippen LogP contribution in [-0.2, 0) is 0 Å². The minimum absolute atomic E-state index is 0.0605. The predicted octanol–water partition coefficient (Wildman–Crippen LogP) is 0.508. The molecule has 1 aromatic heterocycles. The number of hydrogen-bond donors (Lipinski definition) is 2. The molecule has 0 amide bonds. The van der Waals surface area contributed by atoms with E-state index in [0.29, 0.717) is 0 Å². The molecule has 0 aliphatic carbocycles. The molecule has 0 spiro atoms. The maximum Gasteiger partial charge on any atom is 0.170 e. The molecule has 0 aromatic carbocycles. The molecule has 3 nitrogen and oxygen atoms in total. The molecule has 1 aromatic rings. The number of hydrogen-bond acceptors (Lipinski definition) is 3. The van der Waals surface area contributed by atoms with Crippen molar-refractivity contribution < 1.29 is 9.50 Å². The molecule has 0 fully saturated rings. The summed E-state index contributed by atoms with van der Waals surface area (Å²) in [7, 11) is 0. The Balaban J connectivity index is 3.17. The molecule has 0 radical (unpaired) electrons. The van der Waals surface area contributed by atoms with E-state index in [4.69, 9.17) is 10.8 Å². The summed E-state index contributed by atoms with van der Waals surface area (Å²) in [5.41, 5.74) is 5.07. The number of nitrogens with two attached hydrogens (primary N) is 1. The molecular weight excluding hydrogens is 123 g/mol. The van der Waals surface area contributed by atoms with E-state index in [1.165, 1.54) is 0 Å². The van der Waals surface area contributed by atoms with Crippen LogP contribution in [0, 0.1) is 5.82 Å². The van der Waals surface area contributed by atoms with E-state index in [0.717, 1.165) is 12.3 Å². The first-order valence-electron chi connectivity index (χ1n) is 2.30. The Labute approximate surface area is 51.0 Å². The van der Waals surface area contributed by atoms with Crippen molar-refractivity contribution in [3.05, 3.63) is 18.1 Å². The maximum absolute atomic E-state index is 12.2. The van der Waals surface area contributed by atoms with Gasteiger partial charge in [0.05, 0.1) is 6.20 Å². The van der Waals surface area contributed by atoms with Crippen molar-refractivity contribution in [1.29, 1.82) is 0 Å². The summed E-state index contributed by atoms with van der Waals surface area (Å²) in [6, 6.07) is 0.954. The van der Waals surface area contributed by atoms with Crippen LogP contribution in [0.1, 0.15) is 0 Å². The van der Waals surface area contributed by atoms with Gasteiger partial charge in [-0.05, 0) is 0 Å². The second-order valence-corrected chi connectivity index (χ2v) is 1.56. The molecule has 0 saturated heterocycles. The fourth-order valence-electron chi connectivity index (χ4n) is 0.438. The zero-order valence-electron chi connectivity index (χ0n) is 4.50. The largest absolute Gasteiger partial charge is 0.504 e. The molecule has 0 saturated carbocycles. The van der Waals surface area contributed by atoms with Crippen molar-refractivity contribution in [2.45, 2.75) is 0 Å². The zero-order valence-corrected chi connectivity index (χ0v) is 4.50. The van der Waals surface area contributed by atoms with Gasteiger partial charge in [-0.1, -0.05) is 0 Å². The summed E-state index contributed by atoms with van der Waals surface area (Å²) in [5.74, 6) is -1.17. The predicted molar refractivity (Wildman–Crippen MR) is 30.3 cm³/mol. The van der Waals surface area contributed by atoms with E-state index in [-0.39, 0.29) is 5.82 Å². The van der Waals surface area contributed by atoms with Gasteiger partial charge in [0.1, 0.15) is 5.82 Å². The molecule has 0 aliphatic heterocycles. The van der Waals surface area contributed by atoms with Gasteiger partial charge in [-0.2, -0.15) is 0 Å². The highest BCUT2D eigenvalue weighted by Crippen LogP contribution is 2.13. The second-order valence-electron chi connectivity index (χ2n) is 1.56. The van der Waals surface area contributed by atoms with E-state index in [1.807, 2.05) is 0 Å². The van der Waals surface area contributed by atoms with Crippen molar-refractivity contribution in [3.8, 4) is 5.75 Å². The third-order valence-corrected chi connectivity index (χ3v) is 0.855. The highest BCUT2D eigenvalue weighted by molar-refractivity contribution is 5.32. The Morgan fingerprint density at radius 1 is 1.67 bits per heavy atom. The molecule has 4 heteroatoms. The van der Waals surface area contributed by atoms with E-state index < -0.39 is 11.6 Å². The highest BCUT2D eigenvalue weighted by Gasteiger charge is 1.98. The number of nitrogen functional groups attached to an aromatic ring is 1. The van der Waals surface area contributed by atoms with Gasteiger partial charge >= 0.3 is 0 Å². The number of pyridine rings is 1. The summed E-state index contributed by atoms with van der Waals surface area (Å²) in [6.07, 6.45) is 0.963. The molecule has 9 heavy (non-hydrogen) atoms. The SMILES string of the molecule is Nc1cc(F)c(O)cn1. The molecule has 3 N–H and O–H groups in total. The molecule has 1 heterocycles. The maximum atomic E-state index is 12.2. The minimum Gasteiger partial charge on any atom is -0.504 e. The average molecular weight is 128 g/mol. The molecule has 0 atom stereocenters. The molecule has 0 aliphatic rings. The number of nitrogens with zero attached hydrogens (tertiary/aromatic N) is 1. The fourth-order valence-corrected chi connectivity index (χ4v) is 0.438. The zero-order chi connectivity index (χ0) is 6.85. The lowest BCUT2D eigenvalue weighted by molar-refractivity contribution is 0.430. The van der Waals surface area contributed by atoms with Gasteiger partial charge in [0.2, 0.25) is 0 Å². The first-order valence-corrected chi connectivity index (χ1v) is 2.30. The number of aromatic nitrogens is 1. The molecule has 1 rings (SSSR count). The second kappa shape index (κ2) is 1.89. The standard InChI is InChI=1S/C5H5FN2O/c6-3-1-5(7)8-2-4(3)9/h1-2,9H,(H2,7,8). The van der Waals surface area contributed by atoms with Crippen molar-refractivity contribution in [1.82, 2.24) is 4.98 Å². The summed E-state index contributed by atoms with van der Waals surface area (Å²) in [6.45, 7) is 0. The van der Waals surface area contributed by atoms with Crippen LogP contribution in [0.25, 0.3) is 0 Å². The van der Waals surface area contributed by atoms with Gasteiger partial charge in [0.25, 0.3) is 0 Å². The number of anilines is 1. The summed E-state index contributed by atoms with van der Waals surface area (Å²) in [4.78, 5) is 3.43. The number of aromatic hydroxyl groups is 1. The van der Waals surface area contributed by atoms with Crippen molar-refractivity contribution >= 4 is 5.82 Å². The highest BCUT2D eigenvalue weighted by atomic mass is 19.1. The van der Waals surface area contributed by atoms with Crippen molar-refractivity contribution in [2.24, 2.45) is 0 Å². The molecule has 0 unspecified atom stereocenters. The Hall–Kier alpha value is -1.32. The third kappa shape index (κ3) is 1.07. The lowest BCUT2D eigenvalue weighted by atomic mass is 10.4. The van der Waals surface area contributed by atoms with Gasteiger partial charge in [-0.3, -0.25) is 0 Å². The van der Waals surface area contributed by atoms with Gasteiger partial charge in [-0.15, -0.1) is 0 Å². The van der Waals surface area contributed by atoms with Gasteiger partial charge in [0.15, 0.2) is 11.6 Å². The van der Waals surface area contributed by atoms with Crippen LogP contribution in [0.3, 0.4) is 0 Å². The number of halogens is 1. The monoisotopic (exact) mass is 128 g/mol. The van der Waals surface area contributed by atoms with Crippen LogP contribution in [0.4, 0.5) is 10.2 Å². The smallest absolute Gasteiger partial charge is 0.170 e. The molecule has 0 bridgehead atoms. The van der Waals surface area contributed by atoms with Crippen LogP contribution in [0.5, 0.6) is 5.75 Å². The lowest BCUT2D eigenvalue weighted by Gasteiger charge is -1.93. The van der Waals surface area contributed by atoms with Gasteiger partial charge in [0, 0.05) is 6.07 Å². The van der Waals surface area contributed by atoms with Crippen LogP contribution < -0.4 is 5.73 Å². The van der Waals surface area contributed by atoms with Crippen molar-refractivity contribution in [2.75, 3.05) is 5.73 Å². The first kappa shape index (κ1) is 5.81. The lowest BCUT2D eigenvalue weighted by Crippen LogP contribution is -1.89. The van der Waals surface area contributed by atoms with E-state index in [9.17, 15) is 4.39 Å². The van der Waals surface area contributed by atoms with Crippen LogP contribution in [0.15, 0.2) is 12.3 Å². The average Bonchev–Trinajstić information content (AvgIpc) is 1.80. The summed E-state index contributed by atoms with van der Waals surface area (Å²) in [5, 5.41) is 8.55. The summed E-state index contributed by atoms with van der Waals surface area (Å²) < 4.78 is 12.2. The normalized spacial score (nSPS) is 9.44. The number of rotatable bonds is 0. The molecule has 48 valence electrons. The quantitative estimate of drug-likeness (QED) is 0.535. The Bertz CT molecular complexity index is 226. The summed E-state index contributed by atoms with van der Waals surface area (Å²) >= 11 is 0. The third-order valence-electron chi connectivity index (χ3n) is 0.855. The first-order chi connectivity index (χ1) is 4.20. The Kier molecular flexibility index (Phi) is 1.22. The minimum atomic E-state index is -0.748. The van der Waals surface area contributed by atoms with Gasteiger partial charge in [-0.25, -0.2) is 9.37 Å². The Morgan fingerprint density at radius 3 is 2.78 bits per heavy atom. The van der Waals surface area contributed by atoms with E-state index >= 15 is 0 Å². The topological polar surface area (TPSA) is 59.1 Å². The van der Waals surface area contributed by atoms with Gasteiger partial charge < -0.3 is 10.8 Å². The molecular formula is C5H5FN2O.